The van der Waals surface area contributed by atoms with Crippen LogP contribution in [0, 0.1) is 17.7 Å². The summed E-state index contributed by atoms with van der Waals surface area (Å²) < 4.78 is 41.4. The zero-order valence-corrected chi connectivity index (χ0v) is 12.4. The van der Waals surface area contributed by atoms with E-state index in [0.717, 1.165) is 0 Å². The Hall–Kier alpha value is -1.63. The number of ether oxygens (including phenoxy) is 1. The Labute approximate surface area is 122 Å². The van der Waals surface area contributed by atoms with Crippen LogP contribution in [0.25, 0.3) is 0 Å². The van der Waals surface area contributed by atoms with E-state index in [1.165, 1.54) is 19.2 Å². The Kier molecular flexibility index (Phi) is 4.51. The maximum Gasteiger partial charge on any atom is 0.307 e. The number of carboxylic acid groups (broad SMARTS) is 1. The molecule has 0 aromatic heterocycles. The number of carbonyl (C=O) groups is 1. The van der Waals surface area contributed by atoms with Crippen LogP contribution in [0.2, 0.25) is 0 Å². The smallest absolute Gasteiger partial charge is 0.307 e. The first-order chi connectivity index (χ1) is 9.82. The highest BCUT2D eigenvalue weighted by Gasteiger charge is 2.37. The fraction of sp³-hybridized carbons (Fsp3) is 0.500. The second kappa shape index (κ2) is 6.01. The van der Waals surface area contributed by atoms with Crippen LogP contribution in [0.4, 0.5) is 4.39 Å². The molecule has 1 aliphatic heterocycles. The van der Waals surface area contributed by atoms with E-state index < -0.39 is 33.5 Å². The normalized spacial score (nSPS) is 21.9. The molecule has 0 bridgehead atoms. The predicted molar refractivity (Wildman–Crippen MR) is 74.5 cm³/mol. The van der Waals surface area contributed by atoms with Crippen LogP contribution in [0.5, 0.6) is 5.75 Å². The fourth-order valence-electron chi connectivity index (χ4n) is 2.69. The van der Waals surface area contributed by atoms with Crippen molar-refractivity contribution in [3.05, 3.63) is 29.6 Å². The van der Waals surface area contributed by atoms with E-state index in [2.05, 4.69) is 0 Å². The Morgan fingerprint density at radius 1 is 1.52 bits per heavy atom. The zero-order chi connectivity index (χ0) is 15.6. The molecular weight excluding hydrogens is 299 g/mol. The standard InChI is InChI=1S/C14H17FO5S/c1-20-13-3-2-9(7-12(13)15)6-11(14(16)17)10-4-5-21(18,19)8-10/h2-3,7,10-11H,4-6,8H2,1H3,(H,16,17). The molecule has 0 radical (unpaired) electrons. The summed E-state index contributed by atoms with van der Waals surface area (Å²) in [5.41, 5.74) is 0.519. The first-order valence-corrected chi connectivity index (χ1v) is 8.40. The second-order valence-electron chi connectivity index (χ2n) is 5.28. The van der Waals surface area contributed by atoms with Gasteiger partial charge in [-0.2, -0.15) is 0 Å². The highest BCUT2D eigenvalue weighted by Crippen LogP contribution is 2.30. The molecule has 0 spiro atoms. The van der Waals surface area contributed by atoms with Gasteiger partial charge in [0.05, 0.1) is 24.5 Å². The Morgan fingerprint density at radius 3 is 2.71 bits per heavy atom. The first kappa shape index (κ1) is 15.8. The van der Waals surface area contributed by atoms with Crippen molar-refractivity contribution < 1.29 is 27.4 Å². The minimum absolute atomic E-state index is 0.0262. The van der Waals surface area contributed by atoms with Crippen LogP contribution in [0.1, 0.15) is 12.0 Å². The van der Waals surface area contributed by atoms with Crippen molar-refractivity contribution in [1.29, 1.82) is 0 Å². The summed E-state index contributed by atoms with van der Waals surface area (Å²) in [5.74, 6) is -2.84. The minimum atomic E-state index is -3.14. The van der Waals surface area contributed by atoms with Gasteiger partial charge in [-0.15, -0.1) is 0 Å². The van der Waals surface area contributed by atoms with Gasteiger partial charge in [-0.3, -0.25) is 4.79 Å². The lowest BCUT2D eigenvalue weighted by Crippen LogP contribution is -2.26. The molecule has 1 heterocycles. The molecule has 2 atom stereocenters. The number of aliphatic carboxylic acids is 1. The highest BCUT2D eigenvalue weighted by molar-refractivity contribution is 7.91. The van der Waals surface area contributed by atoms with Crippen molar-refractivity contribution in [1.82, 2.24) is 0 Å². The lowest BCUT2D eigenvalue weighted by Gasteiger charge is -2.18. The molecule has 1 aromatic rings. The molecule has 2 rings (SSSR count). The van der Waals surface area contributed by atoms with Crippen LogP contribution in [0.15, 0.2) is 18.2 Å². The third-order valence-electron chi connectivity index (χ3n) is 3.83. The molecule has 1 aromatic carbocycles. The van der Waals surface area contributed by atoms with Gasteiger partial charge in [0.2, 0.25) is 0 Å². The van der Waals surface area contributed by atoms with Crippen molar-refractivity contribution in [3.63, 3.8) is 0 Å². The Balaban J connectivity index is 2.17. The maximum absolute atomic E-state index is 13.6. The molecule has 21 heavy (non-hydrogen) atoms. The summed E-state index contributed by atoms with van der Waals surface area (Å²) >= 11 is 0. The van der Waals surface area contributed by atoms with Crippen LogP contribution in [-0.4, -0.2) is 38.1 Å². The van der Waals surface area contributed by atoms with Gasteiger partial charge in [0.15, 0.2) is 21.4 Å². The number of rotatable bonds is 5. The van der Waals surface area contributed by atoms with Gasteiger partial charge in [0.1, 0.15) is 0 Å². The quantitative estimate of drug-likeness (QED) is 0.890. The Morgan fingerprint density at radius 2 is 2.24 bits per heavy atom. The number of sulfone groups is 1. The van der Waals surface area contributed by atoms with Crippen molar-refractivity contribution in [2.45, 2.75) is 12.8 Å². The maximum atomic E-state index is 13.6. The van der Waals surface area contributed by atoms with Crippen LogP contribution in [0.3, 0.4) is 0 Å². The lowest BCUT2D eigenvalue weighted by molar-refractivity contribution is -0.143. The molecule has 0 aliphatic carbocycles. The molecule has 1 aliphatic rings. The average Bonchev–Trinajstić information content (AvgIpc) is 2.76. The predicted octanol–water partition coefficient (Wildman–Crippen LogP) is 1.51. The van der Waals surface area contributed by atoms with Gasteiger partial charge >= 0.3 is 5.97 Å². The molecule has 0 saturated carbocycles. The largest absolute Gasteiger partial charge is 0.494 e. The third-order valence-corrected chi connectivity index (χ3v) is 5.62. The first-order valence-electron chi connectivity index (χ1n) is 6.58. The molecule has 7 heteroatoms. The molecule has 1 saturated heterocycles. The number of hydrogen-bond acceptors (Lipinski definition) is 4. The van der Waals surface area contributed by atoms with Crippen LogP contribution in [-0.2, 0) is 21.1 Å². The van der Waals surface area contributed by atoms with Gasteiger partial charge in [0, 0.05) is 0 Å². The van der Waals surface area contributed by atoms with E-state index in [1.807, 2.05) is 0 Å². The molecule has 5 nitrogen and oxygen atoms in total. The van der Waals surface area contributed by atoms with Crippen LogP contribution >= 0.6 is 0 Å². The zero-order valence-electron chi connectivity index (χ0n) is 11.6. The summed E-state index contributed by atoms with van der Waals surface area (Å²) in [5, 5.41) is 9.32. The van der Waals surface area contributed by atoms with E-state index in [-0.39, 0.29) is 23.7 Å². The number of benzene rings is 1. The second-order valence-corrected chi connectivity index (χ2v) is 7.51. The monoisotopic (exact) mass is 316 g/mol. The van der Waals surface area contributed by atoms with E-state index in [0.29, 0.717) is 12.0 Å². The molecule has 1 N–H and O–H groups in total. The number of methoxy groups -OCH3 is 1. The topological polar surface area (TPSA) is 80.7 Å². The summed E-state index contributed by atoms with van der Waals surface area (Å²) in [7, 11) is -1.79. The molecule has 116 valence electrons. The SMILES string of the molecule is COc1ccc(CC(C(=O)O)C2CCS(=O)(=O)C2)cc1F. The van der Waals surface area contributed by atoms with Gasteiger partial charge in [-0.1, -0.05) is 6.07 Å². The summed E-state index contributed by atoms with van der Waals surface area (Å²) in [6, 6.07) is 4.27. The van der Waals surface area contributed by atoms with Gasteiger partial charge in [-0.25, -0.2) is 12.8 Å². The van der Waals surface area contributed by atoms with E-state index in [9.17, 15) is 22.7 Å². The molecule has 1 fully saturated rings. The van der Waals surface area contributed by atoms with Gasteiger partial charge in [0.25, 0.3) is 0 Å². The van der Waals surface area contributed by atoms with Crippen molar-refractivity contribution in [2.75, 3.05) is 18.6 Å². The van der Waals surface area contributed by atoms with Crippen molar-refractivity contribution >= 4 is 15.8 Å². The highest BCUT2D eigenvalue weighted by atomic mass is 32.2. The van der Waals surface area contributed by atoms with E-state index in [4.69, 9.17) is 4.74 Å². The molecule has 2 unspecified atom stereocenters. The number of carboxylic acids is 1. The van der Waals surface area contributed by atoms with E-state index >= 15 is 0 Å². The van der Waals surface area contributed by atoms with Gasteiger partial charge < -0.3 is 9.84 Å². The van der Waals surface area contributed by atoms with Gasteiger partial charge in [-0.05, 0) is 36.5 Å². The third kappa shape index (κ3) is 3.72. The fourth-order valence-corrected chi connectivity index (χ4v) is 4.57. The lowest BCUT2D eigenvalue weighted by atomic mass is 9.86. The number of hydrogen-bond donors (Lipinski definition) is 1. The van der Waals surface area contributed by atoms with E-state index in [1.54, 1.807) is 6.07 Å². The molecular formula is C14H17FO5S. The summed E-state index contributed by atoms with van der Waals surface area (Å²) in [6.07, 6.45) is 0.453. The summed E-state index contributed by atoms with van der Waals surface area (Å²) in [6.45, 7) is 0. The average molecular weight is 316 g/mol. The Bertz CT molecular complexity index is 641. The number of halogens is 1. The molecule has 0 amide bonds. The summed E-state index contributed by atoms with van der Waals surface area (Å²) in [4.78, 5) is 11.4. The van der Waals surface area contributed by atoms with Crippen molar-refractivity contribution in [2.24, 2.45) is 11.8 Å². The van der Waals surface area contributed by atoms with Crippen molar-refractivity contribution in [3.8, 4) is 5.75 Å². The van der Waals surface area contributed by atoms with Crippen LogP contribution < -0.4 is 4.74 Å². The minimum Gasteiger partial charge on any atom is -0.494 e.